The Morgan fingerprint density at radius 3 is 2.47 bits per heavy atom. The van der Waals surface area contributed by atoms with E-state index in [1.54, 1.807) is 4.31 Å². The van der Waals surface area contributed by atoms with Crippen LogP contribution in [0.25, 0.3) is 0 Å². The molecule has 166 valence electrons. The fourth-order valence-electron chi connectivity index (χ4n) is 5.55. The van der Waals surface area contributed by atoms with Crippen LogP contribution in [0.3, 0.4) is 0 Å². The third-order valence-electron chi connectivity index (χ3n) is 7.01. The maximum Gasteiger partial charge on any atom is 0.223 e. The summed E-state index contributed by atoms with van der Waals surface area (Å²) >= 11 is 0. The zero-order valence-corrected chi connectivity index (χ0v) is 19.0. The van der Waals surface area contributed by atoms with Gasteiger partial charge in [-0.1, -0.05) is 38.1 Å². The van der Waals surface area contributed by atoms with E-state index >= 15 is 0 Å². The maximum atomic E-state index is 12.9. The fourth-order valence-corrected chi connectivity index (χ4v) is 7.35. The van der Waals surface area contributed by atoms with E-state index in [0.717, 1.165) is 19.3 Å². The number of rotatable bonds is 5. The molecule has 1 spiro atoms. The number of nitrogens with zero attached hydrogens (tertiary/aromatic N) is 2. The highest BCUT2D eigenvalue weighted by atomic mass is 32.2. The summed E-state index contributed by atoms with van der Waals surface area (Å²) in [7, 11) is -3.19. The van der Waals surface area contributed by atoms with E-state index < -0.39 is 10.0 Å². The number of piperidine rings is 1. The van der Waals surface area contributed by atoms with E-state index in [1.807, 2.05) is 18.7 Å². The Kier molecular flexibility index (Phi) is 6.24. The van der Waals surface area contributed by atoms with Crippen LogP contribution in [0.2, 0.25) is 0 Å². The van der Waals surface area contributed by atoms with Crippen molar-refractivity contribution in [3.8, 4) is 0 Å². The van der Waals surface area contributed by atoms with Crippen molar-refractivity contribution < 1.29 is 17.9 Å². The number of carbonyl (C=O) groups is 1. The Balaban J connectivity index is 1.48. The van der Waals surface area contributed by atoms with E-state index in [-0.39, 0.29) is 28.9 Å². The lowest BCUT2D eigenvalue weighted by atomic mass is 9.73. The lowest BCUT2D eigenvalue weighted by Crippen LogP contribution is -2.45. The molecule has 0 radical (unpaired) electrons. The molecule has 3 aliphatic rings. The highest BCUT2D eigenvalue weighted by molar-refractivity contribution is 7.89. The number of morpholine rings is 1. The van der Waals surface area contributed by atoms with Gasteiger partial charge in [-0.15, -0.1) is 0 Å². The quantitative estimate of drug-likeness (QED) is 0.715. The van der Waals surface area contributed by atoms with Crippen molar-refractivity contribution in [1.82, 2.24) is 9.21 Å². The van der Waals surface area contributed by atoms with Gasteiger partial charge in [-0.2, -0.15) is 0 Å². The predicted molar refractivity (Wildman–Crippen MR) is 117 cm³/mol. The van der Waals surface area contributed by atoms with Gasteiger partial charge in [-0.25, -0.2) is 12.7 Å². The number of sulfonamides is 1. The van der Waals surface area contributed by atoms with Crippen LogP contribution >= 0.6 is 0 Å². The number of carbonyl (C=O) groups excluding carboxylic acids is 1. The minimum absolute atomic E-state index is 0.00357. The average Bonchev–Trinajstić information content (AvgIpc) is 3.01. The van der Waals surface area contributed by atoms with Gasteiger partial charge in [0.2, 0.25) is 15.9 Å². The molecule has 1 aromatic carbocycles. The molecule has 2 fully saturated rings. The zero-order chi connectivity index (χ0) is 21.4. The zero-order valence-electron chi connectivity index (χ0n) is 18.2. The molecule has 30 heavy (non-hydrogen) atoms. The number of ether oxygens (including phenoxy) is 1. The first-order valence-electron chi connectivity index (χ1n) is 11.2. The summed E-state index contributed by atoms with van der Waals surface area (Å²) in [6.07, 6.45) is 3.15. The first-order valence-corrected chi connectivity index (χ1v) is 12.8. The molecule has 1 amide bonds. The van der Waals surface area contributed by atoms with Crippen LogP contribution < -0.4 is 0 Å². The van der Waals surface area contributed by atoms with Crippen LogP contribution in [0, 0.1) is 5.92 Å². The Bertz CT molecular complexity index is 869. The summed E-state index contributed by atoms with van der Waals surface area (Å²) in [5.74, 6) is 0.781. The van der Waals surface area contributed by atoms with Gasteiger partial charge in [0, 0.05) is 32.6 Å². The van der Waals surface area contributed by atoms with Crippen molar-refractivity contribution in [2.24, 2.45) is 5.92 Å². The average molecular weight is 435 g/mol. The molecular formula is C23H34N2O4S. The van der Waals surface area contributed by atoms with Gasteiger partial charge in [-0.05, 0) is 47.6 Å². The predicted octanol–water partition coefficient (Wildman–Crippen LogP) is 2.74. The topological polar surface area (TPSA) is 66.9 Å². The third kappa shape index (κ3) is 4.30. The van der Waals surface area contributed by atoms with E-state index in [9.17, 15) is 13.2 Å². The Morgan fingerprint density at radius 2 is 1.80 bits per heavy atom. The van der Waals surface area contributed by atoms with Crippen molar-refractivity contribution in [1.29, 1.82) is 0 Å². The van der Waals surface area contributed by atoms with Gasteiger partial charge in [0.15, 0.2) is 0 Å². The van der Waals surface area contributed by atoms with Crippen LogP contribution in [0.4, 0.5) is 0 Å². The lowest BCUT2D eigenvalue weighted by molar-refractivity contribution is -0.135. The van der Waals surface area contributed by atoms with Crippen LogP contribution in [0.1, 0.15) is 56.6 Å². The summed E-state index contributed by atoms with van der Waals surface area (Å²) in [4.78, 5) is 14.8. The second-order valence-electron chi connectivity index (χ2n) is 9.54. The molecular weight excluding hydrogens is 400 g/mol. The maximum absolute atomic E-state index is 12.9. The van der Waals surface area contributed by atoms with Gasteiger partial charge >= 0.3 is 0 Å². The second-order valence-corrected chi connectivity index (χ2v) is 11.6. The van der Waals surface area contributed by atoms with E-state index in [1.165, 1.54) is 11.1 Å². The highest BCUT2D eigenvalue weighted by Crippen LogP contribution is 2.53. The van der Waals surface area contributed by atoms with Gasteiger partial charge in [0.05, 0.1) is 19.0 Å². The molecule has 6 nitrogen and oxygen atoms in total. The van der Waals surface area contributed by atoms with Gasteiger partial charge in [-0.3, -0.25) is 4.79 Å². The van der Waals surface area contributed by atoms with Gasteiger partial charge in [0.1, 0.15) is 0 Å². The first-order chi connectivity index (χ1) is 14.3. The molecule has 2 saturated heterocycles. The van der Waals surface area contributed by atoms with E-state index in [4.69, 9.17) is 4.74 Å². The number of amides is 1. The van der Waals surface area contributed by atoms with E-state index in [2.05, 4.69) is 24.3 Å². The molecule has 0 unspecified atom stereocenters. The van der Waals surface area contributed by atoms with Crippen LogP contribution in [0.5, 0.6) is 0 Å². The van der Waals surface area contributed by atoms with Gasteiger partial charge < -0.3 is 9.64 Å². The molecule has 0 saturated carbocycles. The largest absolute Gasteiger partial charge is 0.378 e. The van der Waals surface area contributed by atoms with Crippen molar-refractivity contribution in [2.45, 2.75) is 50.9 Å². The van der Waals surface area contributed by atoms with Crippen molar-refractivity contribution >= 4 is 15.9 Å². The molecule has 7 heteroatoms. The molecule has 4 rings (SSSR count). The van der Waals surface area contributed by atoms with Crippen LogP contribution in [0.15, 0.2) is 24.3 Å². The summed E-state index contributed by atoms with van der Waals surface area (Å²) < 4.78 is 32.5. The number of benzene rings is 1. The Labute approximate surface area is 180 Å². The first kappa shape index (κ1) is 21.8. The van der Waals surface area contributed by atoms with Crippen molar-refractivity contribution in [2.75, 3.05) is 45.1 Å². The summed E-state index contributed by atoms with van der Waals surface area (Å²) in [5, 5.41) is 0. The van der Waals surface area contributed by atoms with Crippen LogP contribution in [-0.4, -0.2) is 68.7 Å². The number of fused-ring (bicyclic) bond motifs is 2. The molecule has 0 bridgehead atoms. The second kappa shape index (κ2) is 8.60. The number of hydrogen-bond donors (Lipinski definition) is 0. The number of hydrogen-bond acceptors (Lipinski definition) is 4. The molecule has 0 N–H and O–H groups in total. The fraction of sp³-hybridized carbons (Fsp3) is 0.696. The molecule has 1 atom stereocenters. The monoisotopic (exact) mass is 434 g/mol. The van der Waals surface area contributed by atoms with E-state index in [0.29, 0.717) is 45.8 Å². The Morgan fingerprint density at radius 1 is 1.13 bits per heavy atom. The van der Waals surface area contributed by atoms with Crippen molar-refractivity contribution in [3.05, 3.63) is 35.4 Å². The summed E-state index contributed by atoms with van der Waals surface area (Å²) in [6.45, 7) is 7.66. The minimum Gasteiger partial charge on any atom is -0.378 e. The molecule has 1 aromatic rings. The molecule has 0 aromatic heterocycles. The SMILES string of the molecule is CC(C)CS(=O)(=O)N1CCC2(CC1)C[C@@H](CC(=O)N1CCOCC1)c1ccccc12. The lowest BCUT2D eigenvalue weighted by Gasteiger charge is -2.40. The standard InChI is InChI=1S/C23H34N2O4S/c1-18(2)17-30(27,28)25-9-7-23(8-10-25)16-19(20-5-3-4-6-21(20)23)15-22(26)24-11-13-29-14-12-24/h3-6,18-19H,7-17H2,1-2H3/t19-/m1/s1. The summed E-state index contributed by atoms with van der Waals surface area (Å²) in [5.41, 5.74) is 2.62. The minimum atomic E-state index is -3.19. The molecule has 2 aliphatic heterocycles. The molecule has 2 heterocycles. The smallest absolute Gasteiger partial charge is 0.223 e. The van der Waals surface area contributed by atoms with Crippen molar-refractivity contribution in [3.63, 3.8) is 0 Å². The Hall–Kier alpha value is -1.44. The third-order valence-corrected chi connectivity index (χ3v) is 9.25. The normalized spacial score (nSPS) is 24.4. The van der Waals surface area contributed by atoms with Crippen LogP contribution in [-0.2, 0) is 25.0 Å². The summed E-state index contributed by atoms with van der Waals surface area (Å²) in [6, 6.07) is 8.51. The molecule has 1 aliphatic carbocycles. The highest BCUT2D eigenvalue weighted by Gasteiger charge is 2.47. The van der Waals surface area contributed by atoms with Gasteiger partial charge in [0.25, 0.3) is 0 Å².